The van der Waals surface area contributed by atoms with Crippen LogP contribution in [-0.4, -0.2) is 37.6 Å². The van der Waals surface area contributed by atoms with E-state index in [0.717, 1.165) is 21.7 Å². The summed E-state index contributed by atoms with van der Waals surface area (Å²) in [5, 5.41) is 16.8. The number of rotatable bonds is 6. The zero-order valence-corrected chi connectivity index (χ0v) is 18.8. The number of carbonyl (C=O) groups excluding carboxylic acids is 1. The Kier molecular flexibility index (Phi) is 5.83. The van der Waals surface area contributed by atoms with E-state index in [1.165, 1.54) is 17.3 Å². The first-order valence-corrected chi connectivity index (χ1v) is 11.9. The van der Waals surface area contributed by atoms with Crippen LogP contribution in [0, 0.1) is 6.92 Å². The van der Waals surface area contributed by atoms with E-state index in [4.69, 9.17) is 9.52 Å². The molecule has 3 aromatic heterocycles. The zero-order chi connectivity index (χ0) is 21.9. The minimum absolute atomic E-state index is 0.103. The van der Waals surface area contributed by atoms with Gasteiger partial charge in [-0.1, -0.05) is 47.7 Å². The largest absolute Gasteiger partial charge is 0.411 e. The van der Waals surface area contributed by atoms with Crippen molar-refractivity contribution in [3.63, 3.8) is 0 Å². The van der Waals surface area contributed by atoms with Gasteiger partial charge in [0, 0.05) is 18.8 Å². The first-order valence-electron chi connectivity index (χ1n) is 10.0. The van der Waals surface area contributed by atoms with Gasteiger partial charge in [0.25, 0.3) is 11.1 Å². The van der Waals surface area contributed by atoms with Gasteiger partial charge in [-0.2, -0.15) is 5.10 Å². The van der Waals surface area contributed by atoms with Crippen LogP contribution in [0.5, 0.6) is 0 Å². The van der Waals surface area contributed by atoms with E-state index >= 15 is 0 Å². The Bertz CT molecular complexity index is 1240. The van der Waals surface area contributed by atoms with Gasteiger partial charge in [0.2, 0.25) is 5.89 Å². The molecule has 0 saturated heterocycles. The van der Waals surface area contributed by atoms with E-state index in [1.54, 1.807) is 34.8 Å². The van der Waals surface area contributed by atoms with E-state index in [1.807, 2.05) is 23.6 Å². The Morgan fingerprint density at radius 1 is 1.19 bits per heavy atom. The number of carbonyl (C=O) groups is 1. The van der Waals surface area contributed by atoms with Crippen molar-refractivity contribution in [3.8, 4) is 11.5 Å². The number of amides is 1. The van der Waals surface area contributed by atoms with E-state index in [-0.39, 0.29) is 17.7 Å². The number of thiophene rings is 1. The third-order valence-corrected chi connectivity index (χ3v) is 6.79. The predicted molar refractivity (Wildman–Crippen MR) is 124 cm³/mol. The van der Waals surface area contributed by atoms with Gasteiger partial charge in [-0.05, 0) is 36.1 Å². The summed E-state index contributed by atoms with van der Waals surface area (Å²) >= 11 is 2.84. The molecule has 1 atom stereocenters. The normalized spacial score (nSPS) is 15.7. The number of hydrazone groups is 1. The Morgan fingerprint density at radius 3 is 2.81 bits per heavy atom. The van der Waals surface area contributed by atoms with Crippen molar-refractivity contribution in [1.82, 2.24) is 20.2 Å². The van der Waals surface area contributed by atoms with Crippen LogP contribution >= 0.6 is 23.1 Å². The standard InChI is InChI=1S/C23H19N5O2S2/c1-15-6-8-16(9-7-15)19-12-18(20-5-3-11-31-20)27-28(19)21(29)14-32-23-26-25-22(30-23)17-4-2-10-24-13-17/h2-11,13,19H,12,14H2,1H3. The number of aryl methyl sites for hydroxylation is 1. The van der Waals surface area contributed by atoms with E-state index in [2.05, 4.69) is 46.4 Å². The highest BCUT2D eigenvalue weighted by molar-refractivity contribution is 7.99. The molecule has 0 spiro atoms. The lowest BCUT2D eigenvalue weighted by molar-refractivity contribution is -0.130. The summed E-state index contributed by atoms with van der Waals surface area (Å²) in [6.45, 7) is 2.05. The summed E-state index contributed by atoms with van der Waals surface area (Å²) in [7, 11) is 0. The SMILES string of the molecule is Cc1ccc(C2CC(c3cccs3)=NN2C(=O)CSc2nnc(-c3cccnc3)o2)cc1. The molecule has 5 rings (SSSR count). The zero-order valence-electron chi connectivity index (χ0n) is 17.2. The van der Waals surface area contributed by atoms with Crippen molar-refractivity contribution < 1.29 is 9.21 Å². The Balaban J connectivity index is 1.33. The fourth-order valence-electron chi connectivity index (χ4n) is 3.44. The molecule has 0 N–H and O–H groups in total. The maximum absolute atomic E-state index is 13.2. The van der Waals surface area contributed by atoms with Crippen molar-refractivity contribution in [2.24, 2.45) is 5.10 Å². The summed E-state index contributed by atoms with van der Waals surface area (Å²) in [5.41, 5.74) is 3.92. The van der Waals surface area contributed by atoms with Gasteiger partial charge in [-0.25, -0.2) is 5.01 Å². The van der Waals surface area contributed by atoms with Crippen LogP contribution < -0.4 is 0 Å². The van der Waals surface area contributed by atoms with Crippen molar-refractivity contribution in [1.29, 1.82) is 0 Å². The second-order valence-electron chi connectivity index (χ2n) is 7.30. The number of hydrogen-bond acceptors (Lipinski definition) is 8. The topological polar surface area (TPSA) is 84.5 Å². The second kappa shape index (κ2) is 9.05. The minimum Gasteiger partial charge on any atom is -0.411 e. The number of pyridine rings is 1. The van der Waals surface area contributed by atoms with Crippen molar-refractivity contribution >= 4 is 34.7 Å². The highest BCUT2D eigenvalue weighted by Crippen LogP contribution is 2.35. The first kappa shape index (κ1) is 20.6. The number of thioether (sulfide) groups is 1. The summed E-state index contributed by atoms with van der Waals surface area (Å²) in [5.74, 6) is 0.427. The molecule has 4 heterocycles. The van der Waals surface area contributed by atoms with Crippen LogP contribution in [-0.2, 0) is 4.79 Å². The average molecular weight is 462 g/mol. The number of benzene rings is 1. The van der Waals surface area contributed by atoms with Gasteiger partial charge >= 0.3 is 0 Å². The third kappa shape index (κ3) is 4.35. The molecule has 1 unspecified atom stereocenters. The molecular weight excluding hydrogens is 442 g/mol. The molecule has 0 radical (unpaired) electrons. The molecule has 1 aromatic carbocycles. The molecule has 4 aromatic rings. The molecule has 0 aliphatic carbocycles. The second-order valence-corrected chi connectivity index (χ2v) is 9.17. The van der Waals surface area contributed by atoms with Gasteiger partial charge in [0.05, 0.1) is 27.9 Å². The molecule has 160 valence electrons. The molecule has 32 heavy (non-hydrogen) atoms. The van der Waals surface area contributed by atoms with E-state index in [0.29, 0.717) is 17.5 Å². The van der Waals surface area contributed by atoms with Crippen molar-refractivity contribution in [2.45, 2.75) is 24.6 Å². The van der Waals surface area contributed by atoms with Crippen LogP contribution in [0.1, 0.15) is 28.5 Å². The van der Waals surface area contributed by atoms with Crippen LogP contribution in [0.25, 0.3) is 11.5 Å². The fourth-order valence-corrected chi connectivity index (χ4v) is 4.78. The quantitative estimate of drug-likeness (QED) is 0.377. The lowest BCUT2D eigenvalue weighted by atomic mass is 10.00. The van der Waals surface area contributed by atoms with Crippen LogP contribution in [0.2, 0.25) is 0 Å². The van der Waals surface area contributed by atoms with Crippen LogP contribution in [0.3, 0.4) is 0 Å². The Morgan fingerprint density at radius 2 is 2.06 bits per heavy atom. The monoisotopic (exact) mass is 461 g/mol. The molecule has 0 fully saturated rings. The van der Waals surface area contributed by atoms with Gasteiger partial charge in [0.1, 0.15) is 0 Å². The summed E-state index contributed by atoms with van der Waals surface area (Å²) in [6, 6.07) is 15.8. The molecular formula is C23H19N5O2S2. The minimum atomic E-state index is -0.130. The highest BCUT2D eigenvalue weighted by atomic mass is 32.2. The Hall–Kier alpha value is -3.30. The fraction of sp³-hybridized carbons (Fsp3) is 0.174. The summed E-state index contributed by atoms with van der Waals surface area (Å²) in [4.78, 5) is 18.3. The molecule has 9 heteroatoms. The molecule has 7 nitrogen and oxygen atoms in total. The molecule has 0 saturated carbocycles. The van der Waals surface area contributed by atoms with Crippen molar-refractivity contribution in [2.75, 3.05) is 5.75 Å². The molecule has 1 aliphatic rings. The smallest absolute Gasteiger partial charge is 0.277 e. The summed E-state index contributed by atoms with van der Waals surface area (Å²) in [6.07, 6.45) is 4.02. The van der Waals surface area contributed by atoms with E-state index in [9.17, 15) is 4.79 Å². The third-order valence-electron chi connectivity index (χ3n) is 5.07. The van der Waals surface area contributed by atoms with Crippen LogP contribution in [0.15, 0.2) is 81.0 Å². The maximum atomic E-state index is 13.2. The lowest BCUT2D eigenvalue weighted by Gasteiger charge is -2.21. The lowest BCUT2D eigenvalue weighted by Crippen LogP contribution is -2.28. The van der Waals surface area contributed by atoms with Crippen LogP contribution in [0.4, 0.5) is 0 Å². The van der Waals surface area contributed by atoms with Gasteiger partial charge in [-0.3, -0.25) is 9.78 Å². The average Bonchev–Trinajstić information content (AvgIpc) is 3.59. The molecule has 1 aliphatic heterocycles. The summed E-state index contributed by atoms with van der Waals surface area (Å²) < 4.78 is 5.68. The first-order chi connectivity index (χ1) is 15.7. The molecule has 1 amide bonds. The van der Waals surface area contributed by atoms with Gasteiger partial charge < -0.3 is 4.42 Å². The molecule has 0 bridgehead atoms. The van der Waals surface area contributed by atoms with Gasteiger partial charge in [-0.15, -0.1) is 21.5 Å². The van der Waals surface area contributed by atoms with Gasteiger partial charge in [0.15, 0.2) is 0 Å². The van der Waals surface area contributed by atoms with E-state index < -0.39 is 0 Å². The highest BCUT2D eigenvalue weighted by Gasteiger charge is 2.33. The number of aromatic nitrogens is 3. The van der Waals surface area contributed by atoms with Crippen molar-refractivity contribution in [3.05, 3.63) is 82.3 Å². The predicted octanol–water partition coefficient (Wildman–Crippen LogP) is 4.97. The number of hydrogen-bond donors (Lipinski definition) is 0. The Labute approximate surface area is 193 Å². The maximum Gasteiger partial charge on any atom is 0.277 e. The number of nitrogens with zero attached hydrogens (tertiary/aromatic N) is 5.